The molecule has 3 aromatic rings. The van der Waals surface area contributed by atoms with Crippen molar-refractivity contribution in [3.8, 4) is 0 Å². The quantitative estimate of drug-likeness (QED) is 0.357. The minimum Gasteiger partial charge on any atom is -0.379 e. The molecule has 0 radical (unpaired) electrons. The van der Waals surface area contributed by atoms with Crippen LogP contribution in [0.5, 0.6) is 0 Å². The lowest BCUT2D eigenvalue weighted by Crippen LogP contribution is -2.61. The third-order valence-electron chi connectivity index (χ3n) is 11.7. The van der Waals surface area contributed by atoms with Crippen molar-refractivity contribution < 1.29 is 24.0 Å². The Balaban J connectivity index is 0.851. The number of hydrogen-bond donors (Lipinski definition) is 2. The zero-order valence-corrected chi connectivity index (χ0v) is 31.2. The van der Waals surface area contributed by atoms with Gasteiger partial charge < -0.3 is 20.0 Å². The molecular weight excluding hydrogens is 744 g/mol. The molecule has 0 aliphatic carbocycles. The summed E-state index contributed by atoms with van der Waals surface area (Å²) in [6, 6.07) is 12.4. The van der Waals surface area contributed by atoms with E-state index in [1.54, 1.807) is 25.4 Å². The number of imide groups is 2. The number of nitrogens with zero attached hydrogens (tertiary/aromatic N) is 6. The highest BCUT2D eigenvalue weighted by Crippen LogP contribution is 2.44. The lowest BCUT2D eigenvalue weighted by atomic mass is 9.71. The summed E-state index contributed by atoms with van der Waals surface area (Å²) < 4.78 is 1.77. The van der Waals surface area contributed by atoms with Crippen molar-refractivity contribution in [3.63, 3.8) is 0 Å². The van der Waals surface area contributed by atoms with Crippen LogP contribution >= 0.6 is 15.9 Å². The van der Waals surface area contributed by atoms with Gasteiger partial charge in [0.25, 0.3) is 23.3 Å². The number of aromatic nitrogens is 2. The number of nitrogens with one attached hydrogen (secondary N) is 2. The van der Waals surface area contributed by atoms with Gasteiger partial charge in [0.1, 0.15) is 10.5 Å². The number of rotatable bonds is 6. The Morgan fingerprint density at radius 2 is 1.66 bits per heavy atom. The van der Waals surface area contributed by atoms with Crippen LogP contribution in [0.3, 0.4) is 0 Å². The van der Waals surface area contributed by atoms with E-state index in [0.717, 1.165) is 56.0 Å². The minimum atomic E-state index is -0.989. The van der Waals surface area contributed by atoms with Crippen molar-refractivity contribution in [2.75, 3.05) is 56.5 Å². The van der Waals surface area contributed by atoms with Crippen LogP contribution in [-0.2, 0) is 16.6 Å². The predicted molar refractivity (Wildman–Crippen MR) is 199 cm³/mol. The molecule has 2 aromatic carbocycles. The lowest BCUT2D eigenvalue weighted by molar-refractivity contribution is -0.136. The first-order chi connectivity index (χ1) is 25.4. The molecule has 14 nitrogen and oxygen atoms in total. The van der Waals surface area contributed by atoms with Crippen LogP contribution in [0.25, 0.3) is 0 Å². The number of aryl methyl sites for hydroxylation is 1. The smallest absolute Gasteiger partial charge is 0.282 e. The van der Waals surface area contributed by atoms with Gasteiger partial charge in [0.05, 0.1) is 23.0 Å². The van der Waals surface area contributed by atoms with E-state index in [1.807, 2.05) is 23.1 Å². The van der Waals surface area contributed by atoms with E-state index in [1.165, 1.54) is 10.2 Å². The number of anilines is 2. The van der Waals surface area contributed by atoms with Crippen LogP contribution in [0, 0.1) is 5.41 Å². The molecule has 6 heterocycles. The summed E-state index contributed by atoms with van der Waals surface area (Å²) in [6.07, 6.45) is 4.50. The summed E-state index contributed by atoms with van der Waals surface area (Å²) in [5, 5.41) is 9.88. The van der Waals surface area contributed by atoms with Gasteiger partial charge in [-0.2, -0.15) is 5.10 Å². The van der Waals surface area contributed by atoms with Crippen LogP contribution in [0.2, 0.25) is 0 Å². The summed E-state index contributed by atoms with van der Waals surface area (Å²) in [4.78, 5) is 83.8. The molecule has 4 saturated heterocycles. The van der Waals surface area contributed by atoms with Gasteiger partial charge in [-0.15, -0.1) is 0 Å². The fraction of sp³-hybridized carbons (Fsp3) is 0.447. The van der Waals surface area contributed by atoms with Gasteiger partial charge in [0.15, 0.2) is 0 Å². The molecule has 1 unspecified atom stereocenters. The largest absolute Gasteiger partial charge is 0.379 e. The topological polar surface area (TPSA) is 157 Å². The van der Waals surface area contributed by atoms with E-state index < -0.39 is 29.7 Å². The first-order valence-corrected chi connectivity index (χ1v) is 18.9. The Kier molecular flexibility index (Phi) is 8.96. The molecule has 8 rings (SSSR count). The molecule has 0 bridgehead atoms. The number of amides is 5. The number of likely N-dealkylation sites (tertiary alicyclic amines) is 2. The summed E-state index contributed by atoms with van der Waals surface area (Å²) in [5.74, 6) is -1.74. The van der Waals surface area contributed by atoms with Crippen LogP contribution in [-0.4, -0.2) is 112 Å². The van der Waals surface area contributed by atoms with E-state index in [4.69, 9.17) is 0 Å². The van der Waals surface area contributed by atoms with Gasteiger partial charge >= 0.3 is 0 Å². The van der Waals surface area contributed by atoms with Gasteiger partial charge in [-0.1, -0.05) is 12.1 Å². The third-order valence-corrected chi connectivity index (χ3v) is 12.4. The second-order valence-electron chi connectivity index (χ2n) is 15.2. The predicted octanol–water partition coefficient (Wildman–Crippen LogP) is 2.59. The fourth-order valence-corrected chi connectivity index (χ4v) is 9.15. The molecule has 0 saturated carbocycles. The van der Waals surface area contributed by atoms with Crippen LogP contribution in [0.4, 0.5) is 11.4 Å². The van der Waals surface area contributed by atoms with E-state index in [2.05, 4.69) is 60.6 Å². The normalized spacial score (nSPS) is 24.3. The number of carbonyl (C=O) groups excluding carboxylic acids is 5. The molecule has 1 aromatic heterocycles. The first kappa shape index (κ1) is 35.2. The third kappa shape index (κ3) is 6.43. The Bertz CT molecular complexity index is 2090. The summed E-state index contributed by atoms with van der Waals surface area (Å²) in [6.45, 7) is 4.65. The summed E-state index contributed by atoms with van der Waals surface area (Å²) in [7, 11) is 3.71. The molecule has 5 aliphatic heterocycles. The molecule has 1 spiro atoms. The van der Waals surface area contributed by atoms with Crippen LogP contribution in [0.15, 0.2) is 57.9 Å². The highest BCUT2D eigenvalue weighted by atomic mass is 79.9. The Hall–Kier alpha value is -4.89. The molecule has 5 aliphatic rings. The first-order valence-electron chi connectivity index (χ1n) is 18.1. The molecule has 4 fully saturated rings. The van der Waals surface area contributed by atoms with Crippen molar-refractivity contribution >= 4 is 56.8 Å². The number of fused-ring (bicyclic) bond motifs is 1. The van der Waals surface area contributed by atoms with Crippen LogP contribution < -0.4 is 21.1 Å². The second-order valence-corrected chi connectivity index (χ2v) is 16.0. The Morgan fingerprint density at radius 1 is 0.943 bits per heavy atom. The maximum atomic E-state index is 13.6. The highest BCUT2D eigenvalue weighted by Gasteiger charge is 2.48. The number of carbonyl (C=O) groups is 5. The number of hydrogen-bond acceptors (Lipinski definition) is 10. The van der Waals surface area contributed by atoms with Gasteiger partial charge in [-0.05, 0) is 90.5 Å². The van der Waals surface area contributed by atoms with Gasteiger partial charge in [-0.25, -0.2) is 4.68 Å². The number of piperidine rings is 3. The maximum absolute atomic E-state index is 13.6. The van der Waals surface area contributed by atoms with Crippen molar-refractivity contribution in [2.45, 2.75) is 50.1 Å². The molecule has 2 N–H and O–H groups in total. The van der Waals surface area contributed by atoms with E-state index in [9.17, 15) is 28.8 Å². The second kappa shape index (κ2) is 13.5. The Morgan fingerprint density at radius 3 is 2.38 bits per heavy atom. The van der Waals surface area contributed by atoms with Crippen molar-refractivity contribution in [3.05, 3.63) is 85.7 Å². The number of likely N-dealkylation sites (N-methyl/N-ethyl adjacent to an activating group) is 1. The summed E-state index contributed by atoms with van der Waals surface area (Å²) >= 11 is 3.42. The highest BCUT2D eigenvalue weighted by molar-refractivity contribution is 9.10. The SMILES string of the molecule is CN1C[C@H](Nc2cnn(C)c(=O)c2Br)C[C@H](c2ccc(C(=O)N3CCC4(CC3)CN(c3ccc5c(c3)C(=O)N(C3CCC(=O)NC3=O)C5=O)C4)cc2)C1. The molecular formula is C38H41BrN8O6. The zero-order chi connectivity index (χ0) is 37.2. The standard InChI is InChI=1S/C38H41BrN8O6/c1-43-18-24(15-25(19-43)41-29-17-40-44(2)37(53)32(29)39)22-3-5-23(6-4-22)34(50)45-13-11-38(12-14-45)20-46(21-38)26-7-8-27-28(16-26)36(52)47(35(27)51)30-9-10-31(48)42-33(30)49/h3-8,16-17,24-25,30,41H,9-15,18-21H2,1-2H3,(H,42,48,49)/t24-,25+,30?/m0/s1. The van der Waals surface area contributed by atoms with Crippen molar-refractivity contribution in [1.82, 2.24) is 29.8 Å². The monoisotopic (exact) mass is 784 g/mol. The van der Waals surface area contributed by atoms with E-state index >= 15 is 0 Å². The van der Waals surface area contributed by atoms with Crippen molar-refractivity contribution in [1.29, 1.82) is 0 Å². The molecule has 53 heavy (non-hydrogen) atoms. The average molecular weight is 786 g/mol. The zero-order valence-electron chi connectivity index (χ0n) is 29.6. The van der Waals surface area contributed by atoms with Gasteiger partial charge in [0, 0.05) is 75.4 Å². The van der Waals surface area contributed by atoms with Crippen molar-refractivity contribution in [2.24, 2.45) is 12.5 Å². The van der Waals surface area contributed by atoms with E-state index in [0.29, 0.717) is 28.8 Å². The fourth-order valence-electron chi connectivity index (χ4n) is 8.68. The van der Waals surface area contributed by atoms with E-state index in [-0.39, 0.29) is 52.8 Å². The van der Waals surface area contributed by atoms with Gasteiger partial charge in [-0.3, -0.25) is 39.0 Å². The summed E-state index contributed by atoms with van der Waals surface area (Å²) in [5.41, 5.74) is 3.83. The number of halogens is 1. The molecule has 15 heteroatoms. The lowest BCUT2D eigenvalue weighted by Gasteiger charge is -2.55. The average Bonchev–Trinajstić information content (AvgIpc) is 3.38. The Labute approximate surface area is 314 Å². The maximum Gasteiger partial charge on any atom is 0.282 e. The molecule has 3 atom stereocenters. The van der Waals surface area contributed by atoms with Gasteiger partial charge in [0.2, 0.25) is 11.8 Å². The number of benzene rings is 2. The molecule has 276 valence electrons. The van der Waals surface area contributed by atoms with Crippen LogP contribution in [0.1, 0.15) is 74.7 Å². The molecule has 5 amide bonds. The minimum absolute atomic E-state index is 0.0354.